The second kappa shape index (κ2) is 10.7. The number of carbonyl (C=O) groups excluding carboxylic acids is 2. The van der Waals surface area contributed by atoms with Crippen LogP contribution in [0.4, 0.5) is 18.9 Å². The molecular formula is C22H18F3NO7S. The third-order valence-corrected chi connectivity index (χ3v) is 5.68. The predicted octanol–water partition coefficient (Wildman–Crippen LogP) is 3.69. The zero-order valence-electron chi connectivity index (χ0n) is 17.2. The Hall–Kier alpha value is -3.45. The quantitative estimate of drug-likeness (QED) is 0.276. The summed E-state index contributed by atoms with van der Waals surface area (Å²) in [6, 6.07) is 15.3. The van der Waals surface area contributed by atoms with Gasteiger partial charge in [0.05, 0.1) is 0 Å². The Balaban J connectivity index is 1.65. The minimum absolute atomic E-state index is 0.0700. The van der Waals surface area contributed by atoms with Gasteiger partial charge in [-0.05, 0) is 35.9 Å². The molecule has 0 fully saturated rings. The van der Waals surface area contributed by atoms with Crippen molar-refractivity contribution >= 4 is 28.9 Å². The molecule has 2 atom stereocenters. The van der Waals surface area contributed by atoms with Gasteiger partial charge in [-0.1, -0.05) is 30.3 Å². The highest BCUT2D eigenvalue weighted by atomic mass is 32.1. The Bertz CT molecular complexity index is 1130. The van der Waals surface area contributed by atoms with Gasteiger partial charge in [0.15, 0.2) is 12.2 Å². The van der Waals surface area contributed by atoms with Crippen molar-refractivity contribution in [2.75, 3.05) is 5.32 Å². The first-order valence-corrected chi connectivity index (χ1v) is 10.4. The van der Waals surface area contributed by atoms with Crippen LogP contribution in [0.1, 0.15) is 9.75 Å². The summed E-state index contributed by atoms with van der Waals surface area (Å²) in [4.78, 5) is 25.7. The number of hydrogen-bond donors (Lipinski definition) is 4. The third kappa shape index (κ3) is 6.11. The molecule has 0 spiro atoms. The summed E-state index contributed by atoms with van der Waals surface area (Å²) in [5.41, 5.74) is 0.681. The van der Waals surface area contributed by atoms with E-state index >= 15 is 0 Å². The summed E-state index contributed by atoms with van der Waals surface area (Å²) in [6.07, 6.45) is -9.00. The van der Waals surface area contributed by atoms with Crippen LogP contribution in [0.5, 0.6) is 5.75 Å². The van der Waals surface area contributed by atoms with Gasteiger partial charge in [-0.2, -0.15) is 18.4 Å². The van der Waals surface area contributed by atoms with Gasteiger partial charge < -0.3 is 20.3 Å². The topological polar surface area (TPSA) is 125 Å². The molecule has 0 aliphatic rings. The molecule has 8 nitrogen and oxygen atoms in total. The first kappa shape index (κ1) is 25.2. The Kier molecular flexibility index (Phi) is 7.89. The minimum atomic E-state index is -4.51. The maximum Gasteiger partial charge on any atom is 0.426 e. The number of carbonyl (C=O) groups is 2. The summed E-state index contributed by atoms with van der Waals surface area (Å²) < 4.78 is 46.0. The molecule has 1 amide bonds. The lowest BCUT2D eigenvalue weighted by atomic mass is 10.1. The van der Waals surface area contributed by atoms with Gasteiger partial charge in [0.25, 0.3) is 5.91 Å². The highest BCUT2D eigenvalue weighted by Gasteiger charge is 2.36. The zero-order valence-corrected chi connectivity index (χ0v) is 18.0. The summed E-state index contributed by atoms with van der Waals surface area (Å²) in [5, 5.41) is 29.4. The number of aliphatic hydroxyl groups is 2. The van der Waals surface area contributed by atoms with Crippen molar-refractivity contribution in [3.63, 3.8) is 0 Å². The van der Waals surface area contributed by atoms with Crippen molar-refractivity contribution in [2.24, 2.45) is 0 Å². The van der Waals surface area contributed by atoms with Gasteiger partial charge in [0, 0.05) is 16.1 Å². The van der Waals surface area contributed by atoms with Crippen molar-refractivity contribution in [3.05, 3.63) is 70.4 Å². The van der Waals surface area contributed by atoms with Crippen LogP contribution in [-0.4, -0.2) is 39.6 Å². The molecule has 0 saturated heterocycles. The Morgan fingerprint density at radius 3 is 2.24 bits per heavy atom. The van der Waals surface area contributed by atoms with E-state index in [4.69, 9.17) is 9.99 Å². The first-order chi connectivity index (χ1) is 16.1. The van der Waals surface area contributed by atoms with Gasteiger partial charge in [0.2, 0.25) is 0 Å². The fraction of sp³-hybridized carbons (Fsp3) is 0.182. The average Bonchev–Trinajstić information content (AvgIpc) is 3.28. The van der Waals surface area contributed by atoms with Crippen LogP contribution in [0.2, 0.25) is 0 Å². The van der Waals surface area contributed by atoms with Crippen molar-refractivity contribution < 1.29 is 47.9 Å². The zero-order chi connectivity index (χ0) is 24.9. The number of halogens is 3. The van der Waals surface area contributed by atoms with Crippen LogP contribution < -0.4 is 10.1 Å². The SMILES string of the molecule is O=C(Nc1ccc(OCc2cc(-c3ccccc3)c(C(F)(F)F)s2)cc1)C(O)C(O)C(=O)OO. The molecule has 2 aromatic carbocycles. The predicted molar refractivity (Wildman–Crippen MR) is 115 cm³/mol. The Morgan fingerprint density at radius 2 is 1.65 bits per heavy atom. The highest BCUT2D eigenvalue weighted by Crippen LogP contribution is 2.43. The Morgan fingerprint density at radius 1 is 1.00 bits per heavy atom. The second-order valence-electron chi connectivity index (χ2n) is 6.92. The van der Waals surface area contributed by atoms with E-state index in [0.29, 0.717) is 27.5 Å². The lowest BCUT2D eigenvalue weighted by Gasteiger charge is -2.14. The second-order valence-corrected chi connectivity index (χ2v) is 8.06. The van der Waals surface area contributed by atoms with Crippen LogP contribution in [0.25, 0.3) is 11.1 Å². The maximum atomic E-state index is 13.5. The fourth-order valence-corrected chi connectivity index (χ4v) is 3.85. The molecule has 2 unspecified atom stereocenters. The summed E-state index contributed by atoms with van der Waals surface area (Å²) in [5.74, 6) is -2.45. The van der Waals surface area contributed by atoms with Gasteiger partial charge >= 0.3 is 12.1 Å². The number of aliphatic hydroxyl groups excluding tert-OH is 2. The largest absolute Gasteiger partial charge is 0.488 e. The van der Waals surface area contributed by atoms with Gasteiger partial charge in [-0.3, -0.25) is 9.68 Å². The van der Waals surface area contributed by atoms with E-state index in [0.717, 1.165) is 0 Å². The van der Waals surface area contributed by atoms with Crippen LogP contribution >= 0.6 is 11.3 Å². The molecule has 1 aromatic heterocycles. The molecule has 34 heavy (non-hydrogen) atoms. The van der Waals surface area contributed by atoms with Crippen LogP contribution in [0.15, 0.2) is 60.7 Å². The lowest BCUT2D eigenvalue weighted by molar-refractivity contribution is -0.245. The van der Waals surface area contributed by atoms with Crippen molar-refractivity contribution in [2.45, 2.75) is 25.0 Å². The Labute approximate surface area is 194 Å². The minimum Gasteiger partial charge on any atom is -0.488 e. The molecule has 180 valence electrons. The first-order valence-electron chi connectivity index (χ1n) is 9.60. The molecule has 0 bridgehead atoms. The molecule has 1 heterocycles. The number of amides is 1. The molecule has 0 aliphatic heterocycles. The molecular weight excluding hydrogens is 479 g/mol. The number of rotatable bonds is 8. The normalized spacial score (nSPS) is 13.1. The standard InChI is InChI=1S/C22H18F3NO7S/c23-22(24,25)19-16(12-4-2-1-3-5-12)10-15(34-19)11-32-14-8-6-13(7-9-14)26-20(29)17(27)18(28)21(30)33-31/h1-10,17-18,27-28,31H,11H2,(H,26,29). The molecule has 4 N–H and O–H groups in total. The monoisotopic (exact) mass is 497 g/mol. The molecule has 3 rings (SSSR count). The summed E-state index contributed by atoms with van der Waals surface area (Å²) in [6.45, 7) is -0.125. The molecule has 3 aromatic rings. The van der Waals surface area contributed by atoms with E-state index in [-0.39, 0.29) is 17.9 Å². The van der Waals surface area contributed by atoms with E-state index in [1.54, 1.807) is 30.3 Å². The maximum absolute atomic E-state index is 13.5. The van der Waals surface area contributed by atoms with Crippen LogP contribution in [-0.2, 0) is 27.3 Å². The third-order valence-electron chi connectivity index (χ3n) is 4.53. The summed E-state index contributed by atoms with van der Waals surface area (Å²) >= 11 is 0.588. The smallest absolute Gasteiger partial charge is 0.426 e. The molecule has 0 aliphatic carbocycles. The number of ether oxygens (including phenoxy) is 1. The summed E-state index contributed by atoms with van der Waals surface area (Å²) in [7, 11) is 0. The number of anilines is 1. The molecule has 0 saturated carbocycles. The van der Waals surface area contributed by atoms with Crippen LogP contribution in [0.3, 0.4) is 0 Å². The highest BCUT2D eigenvalue weighted by molar-refractivity contribution is 7.12. The van der Waals surface area contributed by atoms with Gasteiger partial charge in [-0.25, -0.2) is 4.79 Å². The van der Waals surface area contributed by atoms with Crippen molar-refractivity contribution in [3.8, 4) is 16.9 Å². The van der Waals surface area contributed by atoms with E-state index in [1.807, 2.05) is 0 Å². The van der Waals surface area contributed by atoms with E-state index < -0.39 is 35.1 Å². The van der Waals surface area contributed by atoms with Crippen LogP contribution in [0, 0.1) is 0 Å². The van der Waals surface area contributed by atoms with Crippen molar-refractivity contribution in [1.29, 1.82) is 0 Å². The van der Waals surface area contributed by atoms with E-state index in [2.05, 4.69) is 10.2 Å². The van der Waals surface area contributed by atoms with Gasteiger partial charge in [0.1, 0.15) is 17.2 Å². The van der Waals surface area contributed by atoms with E-state index in [1.165, 1.54) is 30.3 Å². The number of benzene rings is 2. The fourth-order valence-electron chi connectivity index (χ4n) is 2.89. The number of thiophene rings is 1. The van der Waals surface area contributed by atoms with Crippen molar-refractivity contribution in [1.82, 2.24) is 0 Å². The lowest BCUT2D eigenvalue weighted by Crippen LogP contribution is -2.43. The van der Waals surface area contributed by atoms with Gasteiger partial charge in [-0.15, -0.1) is 11.3 Å². The average molecular weight is 497 g/mol. The van der Waals surface area contributed by atoms with E-state index in [9.17, 15) is 33.0 Å². The molecule has 12 heteroatoms. The molecule has 0 radical (unpaired) electrons. The number of nitrogens with one attached hydrogen (secondary N) is 1. The number of hydrogen-bond acceptors (Lipinski definition) is 8. The number of alkyl halides is 3.